The van der Waals surface area contributed by atoms with E-state index >= 15 is 0 Å². The van der Waals surface area contributed by atoms with E-state index in [9.17, 15) is 0 Å². The van der Waals surface area contributed by atoms with Gasteiger partial charge in [0, 0.05) is 5.56 Å². The van der Waals surface area contributed by atoms with E-state index in [1.165, 1.54) is 0 Å². The van der Waals surface area contributed by atoms with Gasteiger partial charge in [0.05, 0.1) is 7.11 Å². The van der Waals surface area contributed by atoms with Gasteiger partial charge < -0.3 is 14.2 Å². The van der Waals surface area contributed by atoms with Gasteiger partial charge in [-0.2, -0.15) is 0 Å². The molecule has 0 N–H and O–H groups in total. The van der Waals surface area contributed by atoms with Gasteiger partial charge in [-0.15, -0.1) is 0 Å². The summed E-state index contributed by atoms with van der Waals surface area (Å²) in [6.07, 6.45) is -0.224. The highest BCUT2D eigenvalue weighted by molar-refractivity contribution is 5.39. The van der Waals surface area contributed by atoms with E-state index in [4.69, 9.17) is 14.2 Å². The minimum Gasteiger partial charge on any atom is -0.497 e. The molecule has 0 aromatic heterocycles. The lowest BCUT2D eigenvalue weighted by Gasteiger charge is -2.10. The molecule has 0 aliphatic carbocycles. The number of hydrogen-bond donors (Lipinski definition) is 0. The zero-order valence-electron chi connectivity index (χ0n) is 14.8. The van der Waals surface area contributed by atoms with Crippen LogP contribution in [0.1, 0.15) is 12.5 Å². The normalized spacial score (nSPS) is 11.0. The summed E-state index contributed by atoms with van der Waals surface area (Å²) in [5, 5.41) is 0. The summed E-state index contributed by atoms with van der Waals surface area (Å²) in [6, 6.07) is 24.8. The molecule has 3 heteroatoms. The molecule has 0 saturated carbocycles. The smallest absolute Gasteiger partial charge is 0.156 e. The van der Waals surface area contributed by atoms with E-state index in [1.807, 2.05) is 85.8 Å². The van der Waals surface area contributed by atoms with Crippen molar-refractivity contribution in [2.24, 2.45) is 0 Å². The molecule has 0 heterocycles. The lowest BCUT2D eigenvalue weighted by Crippen LogP contribution is -2.08. The maximum atomic E-state index is 5.83. The standard InChI is InChI=1S/C23H20O3/c1-18(8-9-19-10-12-20(24-2)13-11-19)25-22-14-16-23(17-15-22)26-21-6-4-3-5-7-21/h3-7,10-18H,1-2H3. The molecule has 1 atom stereocenters. The van der Waals surface area contributed by atoms with Crippen LogP contribution in [0.5, 0.6) is 23.0 Å². The lowest BCUT2D eigenvalue weighted by molar-refractivity contribution is 0.278. The quantitative estimate of drug-likeness (QED) is 0.587. The molecule has 3 aromatic rings. The molecule has 0 amide bonds. The van der Waals surface area contributed by atoms with Crippen molar-refractivity contribution in [3.8, 4) is 34.8 Å². The summed E-state index contributed by atoms with van der Waals surface area (Å²) in [5.41, 5.74) is 0.924. The van der Waals surface area contributed by atoms with Crippen LogP contribution in [0.4, 0.5) is 0 Å². The Balaban J connectivity index is 1.57. The lowest BCUT2D eigenvalue weighted by atomic mass is 10.2. The third-order valence-corrected chi connectivity index (χ3v) is 3.63. The van der Waals surface area contributed by atoms with Crippen LogP contribution in [-0.2, 0) is 0 Å². The second kappa shape index (κ2) is 8.64. The fraction of sp³-hybridized carbons (Fsp3) is 0.130. The largest absolute Gasteiger partial charge is 0.497 e. The average molecular weight is 344 g/mol. The first-order valence-corrected chi connectivity index (χ1v) is 8.38. The number of para-hydroxylation sites is 1. The van der Waals surface area contributed by atoms with Crippen LogP contribution in [0.2, 0.25) is 0 Å². The summed E-state index contributed by atoms with van der Waals surface area (Å²) in [4.78, 5) is 0. The van der Waals surface area contributed by atoms with Crippen molar-refractivity contribution in [2.75, 3.05) is 7.11 Å². The van der Waals surface area contributed by atoms with Crippen molar-refractivity contribution in [1.82, 2.24) is 0 Å². The van der Waals surface area contributed by atoms with Gasteiger partial charge in [-0.25, -0.2) is 0 Å². The average Bonchev–Trinajstić information content (AvgIpc) is 2.69. The van der Waals surface area contributed by atoms with Crippen molar-refractivity contribution >= 4 is 0 Å². The minimum atomic E-state index is -0.224. The molecule has 3 aromatic carbocycles. The molecule has 0 aliphatic rings. The molecular weight excluding hydrogens is 324 g/mol. The molecule has 0 fully saturated rings. The molecule has 3 rings (SSSR count). The molecule has 0 bridgehead atoms. The van der Waals surface area contributed by atoms with Crippen molar-refractivity contribution in [3.63, 3.8) is 0 Å². The Hall–Kier alpha value is -3.38. The van der Waals surface area contributed by atoms with Crippen LogP contribution in [-0.4, -0.2) is 13.2 Å². The van der Waals surface area contributed by atoms with Gasteiger partial charge in [-0.05, 0) is 67.6 Å². The maximum absolute atomic E-state index is 5.83. The van der Waals surface area contributed by atoms with Crippen molar-refractivity contribution in [3.05, 3.63) is 84.4 Å². The van der Waals surface area contributed by atoms with Crippen molar-refractivity contribution < 1.29 is 14.2 Å². The predicted molar refractivity (Wildman–Crippen MR) is 103 cm³/mol. The predicted octanol–water partition coefficient (Wildman–Crippen LogP) is 5.31. The van der Waals surface area contributed by atoms with Crippen LogP contribution in [0.25, 0.3) is 0 Å². The number of hydrogen-bond acceptors (Lipinski definition) is 3. The number of ether oxygens (including phenoxy) is 3. The first-order chi connectivity index (χ1) is 12.7. The topological polar surface area (TPSA) is 27.7 Å². The van der Waals surface area contributed by atoms with E-state index in [1.54, 1.807) is 7.11 Å². The highest BCUT2D eigenvalue weighted by Crippen LogP contribution is 2.24. The minimum absolute atomic E-state index is 0.224. The molecule has 0 saturated heterocycles. The summed E-state index contributed by atoms with van der Waals surface area (Å²) in [5.74, 6) is 9.34. The highest BCUT2D eigenvalue weighted by atomic mass is 16.5. The third kappa shape index (κ3) is 5.06. The third-order valence-electron chi connectivity index (χ3n) is 3.63. The second-order valence-corrected chi connectivity index (χ2v) is 5.64. The summed E-state index contributed by atoms with van der Waals surface area (Å²) < 4.78 is 16.7. The van der Waals surface area contributed by atoms with Gasteiger partial charge in [0.25, 0.3) is 0 Å². The Morgan fingerprint density at radius 2 is 1.27 bits per heavy atom. The SMILES string of the molecule is COc1ccc(C#CC(C)Oc2ccc(Oc3ccccc3)cc2)cc1. The summed E-state index contributed by atoms with van der Waals surface area (Å²) in [7, 11) is 1.65. The van der Waals surface area contributed by atoms with Gasteiger partial charge >= 0.3 is 0 Å². The van der Waals surface area contributed by atoms with Crippen LogP contribution in [0.3, 0.4) is 0 Å². The molecule has 26 heavy (non-hydrogen) atoms. The molecule has 0 radical (unpaired) electrons. The van der Waals surface area contributed by atoms with E-state index < -0.39 is 0 Å². The van der Waals surface area contributed by atoms with Crippen molar-refractivity contribution in [2.45, 2.75) is 13.0 Å². The monoisotopic (exact) mass is 344 g/mol. The highest BCUT2D eigenvalue weighted by Gasteiger charge is 2.02. The number of rotatable bonds is 5. The Bertz CT molecular complexity index is 873. The molecule has 0 aliphatic heterocycles. The first kappa shape index (κ1) is 17.4. The van der Waals surface area contributed by atoms with E-state index in [0.29, 0.717) is 0 Å². The summed E-state index contributed by atoms with van der Waals surface area (Å²) >= 11 is 0. The van der Waals surface area contributed by atoms with Gasteiger partial charge in [-0.1, -0.05) is 30.0 Å². The zero-order valence-corrected chi connectivity index (χ0v) is 14.8. The maximum Gasteiger partial charge on any atom is 0.156 e. The van der Waals surface area contributed by atoms with Gasteiger partial charge in [0.15, 0.2) is 6.10 Å². The summed E-state index contributed by atoms with van der Waals surface area (Å²) in [6.45, 7) is 1.92. The number of benzene rings is 3. The van der Waals surface area contributed by atoms with Crippen LogP contribution in [0, 0.1) is 11.8 Å². The fourth-order valence-electron chi connectivity index (χ4n) is 2.30. The molecule has 0 spiro atoms. The zero-order chi connectivity index (χ0) is 18.2. The Morgan fingerprint density at radius 3 is 1.92 bits per heavy atom. The molecule has 3 nitrogen and oxygen atoms in total. The Kier molecular flexibility index (Phi) is 5.80. The number of methoxy groups -OCH3 is 1. The second-order valence-electron chi connectivity index (χ2n) is 5.64. The van der Waals surface area contributed by atoms with Gasteiger partial charge in [0.2, 0.25) is 0 Å². The van der Waals surface area contributed by atoms with Crippen molar-refractivity contribution in [1.29, 1.82) is 0 Å². The van der Waals surface area contributed by atoms with Crippen LogP contribution >= 0.6 is 0 Å². The van der Waals surface area contributed by atoms with Crippen LogP contribution < -0.4 is 14.2 Å². The Labute approximate surface area is 154 Å². The van der Waals surface area contributed by atoms with Gasteiger partial charge in [-0.3, -0.25) is 0 Å². The first-order valence-electron chi connectivity index (χ1n) is 8.38. The van der Waals surface area contributed by atoms with E-state index in [0.717, 1.165) is 28.6 Å². The van der Waals surface area contributed by atoms with Crippen LogP contribution in [0.15, 0.2) is 78.9 Å². The van der Waals surface area contributed by atoms with Gasteiger partial charge in [0.1, 0.15) is 23.0 Å². The molecule has 130 valence electrons. The van der Waals surface area contributed by atoms with E-state index in [2.05, 4.69) is 11.8 Å². The molecule has 1 unspecified atom stereocenters. The Morgan fingerprint density at radius 1 is 0.692 bits per heavy atom. The molecular formula is C23H20O3. The fourth-order valence-corrected chi connectivity index (χ4v) is 2.30. The van der Waals surface area contributed by atoms with E-state index in [-0.39, 0.29) is 6.10 Å².